The summed E-state index contributed by atoms with van der Waals surface area (Å²) in [6, 6.07) is 6.48. The van der Waals surface area contributed by atoms with Gasteiger partial charge < -0.3 is 25.6 Å². The minimum Gasteiger partial charge on any atom is -0.493 e. The van der Waals surface area contributed by atoms with Gasteiger partial charge in [-0.25, -0.2) is 0 Å². The maximum Gasteiger partial charge on any atom is 0.271 e. The van der Waals surface area contributed by atoms with Crippen molar-refractivity contribution >= 4 is 23.6 Å². The summed E-state index contributed by atoms with van der Waals surface area (Å²) in [7, 11) is 1.66. The van der Waals surface area contributed by atoms with E-state index < -0.39 is 17.6 Å². The second-order valence-corrected chi connectivity index (χ2v) is 11.5. The largest absolute Gasteiger partial charge is 0.493 e. The van der Waals surface area contributed by atoms with Crippen LogP contribution in [-0.2, 0) is 9.53 Å². The number of carbonyl (C=O) groups excluding carboxylic acids is 2. The number of nitrogens with zero attached hydrogens (tertiary/aromatic N) is 1. The number of rotatable bonds is 19. The molecule has 0 heterocycles. The molecule has 1 aromatic carbocycles. The molecule has 38 heavy (non-hydrogen) atoms. The lowest BCUT2D eigenvalue weighted by atomic mass is 9.85. The number of amides is 2. The van der Waals surface area contributed by atoms with E-state index in [1.165, 1.54) is 4.42 Å². The van der Waals surface area contributed by atoms with Crippen LogP contribution in [0.1, 0.15) is 83.5 Å². The third kappa shape index (κ3) is 11.9. The van der Waals surface area contributed by atoms with Crippen LogP contribution < -0.4 is 15.8 Å². The summed E-state index contributed by atoms with van der Waals surface area (Å²) in [4.78, 5) is 25.8. The van der Waals surface area contributed by atoms with E-state index in [0.29, 0.717) is 30.9 Å². The lowest BCUT2D eigenvalue weighted by Crippen LogP contribution is -2.48. The number of carbonyl (C=O) groups is 2. The number of hydrogen-bond acceptors (Lipinski definition) is 6. The topological polar surface area (TPSA) is 114 Å². The van der Waals surface area contributed by atoms with Gasteiger partial charge in [-0.15, -0.1) is 0 Å². The molecule has 0 aromatic heterocycles. The molecule has 0 radical (unpaired) electrons. The van der Waals surface area contributed by atoms with Gasteiger partial charge in [0.2, 0.25) is 5.91 Å². The van der Waals surface area contributed by atoms with Crippen LogP contribution in [-0.4, -0.2) is 66.9 Å². The maximum atomic E-state index is 13.2. The van der Waals surface area contributed by atoms with E-state index in [4.69, 9.17) is 27.0 Å². The SMILES string of the molecule is CCCCC(C)(C)C(=O)NC[C@H](O)[C@@H](N)C[C@H](CN(Cl)C(=O)c1ccccc1OCCCCOC)C(C)C. The van der Waals surface area contributed by atoms with Gasteiger partial charge in [0.25, 0.3) is 5.91 Å². The molecular formula is C29H50ClN3O5. The Morgan fingerprint density at radius 1 is 1.16 bits per heavy atom. The molecule has 8 nitrogen and oxygen atoms in total. The Labute approximate surface area is 234 Å². The van der Waals surface area contributed by atoms with Crippen LogP contribution in [0.4, 0.5) is 0 Å². The summed E-state index contributed by atoms with van der Waals surface area (Å²) in [6.45, 7) is 11.5. The Bertz CT molecular complexity index is 836. The second kappa shape index (κ2) is 17.7. The van der Waals surface area contributed by atoms with E-state index in [-0.39, 0.29) is 36.7 Å². The van der Waals surface area contributed by atoms with Gasteiger partial charge in [0.15, 0.2) is 0 Å². The Kier molecular flexibility index (Phi) is 15.9. The van der Waals surface area contributed by atoms with Gasteiger partial charge in [-0.1, -0.05) is 59.6 Å². The Hall–Kier alpha value is -1.87. The third-order valence-corrected chi connectivity index (χ3v) is 7.28. The van der Waals surface area contributed by atoms with Crippen molar-refractivity contribution < 1.29 is 24.2 Å². The van der Waals surface area contributed by atoms with Crippen LogP contribution in [0.3, 0.4) is 0 Å². The van der Waals surface area contributed by atoms with E-state index >= 15 is 0 Å². The minimum absolute atomic E-state index is 0.0556. The van der Waals surface area contributed by atoms with Crippen LogP contribution >= 0.6 is 11.8 Å². The molecule has 0 spiro atoms. The maximum absolute atomic E-state index is 13.2. The second-order valence-electron chi connectivity index (χ2n) is 11.1. The summed E-state index contributed by atoms with van der Waals surface area (Å²) < 4.78 is 12.1. The van der Waals surface area contributed by atoms with Gasteiger partial charge in [-0.05, 0) is 49.7 Å². The van der Waals surface area contributed by atoms with Crippen molar-refractivity contribution in [3.05, 3.63) is 29.8 Å². The minimum atomic E-state index is -0.908. The molecular weight excluding hydrogens is 506 g/mol. The van der Waals surface area contributed by atoms with Gasteiger partial charge in [0.05, 0.1) is 18.3 Å². The Balaban J connectivity index is 2.72. The zero-order valence-electron chi connectivity index (χ0n) is 24.2. The van der Waals surface area contributed by atoms with E-state index in [1.807, 2.05) is 33.8 Å². The molecule has 0 aliphatic carbocycles. The average Bonchev–Trinajstić information content (AvgIpc) is 2.89. The number of aliphatic hydroxyl groups excluding tert-OH is 1. The van der Waals surface area contributed by atoms with Gasteiger partial charge >= 0.3 is 0 Å². The lowest BCUT2D eigenvalue weighted by Gasteiger charge is -2.30. The van der Waals surface area contributed by atoms with E-state index in [0.717, 1.165) is 32.1 Å². The van der Waals surface area contributed by atoms with Gasteiger partial charge in [-0.3, -0.25) is 14.0 Å². The number of nitrogens with one attached hydrogen (secondary N) is 1. The highest BCUT2D eigenvalue weighted by Crippen LogP contribution is 2.26. The smallest absolute Gasteiger partial charge is 0.271 e. The molecule has 4 N–H and O–H groups in total. The predicted octanol–water partition coefficient (Wildman–Crippen LogP) is 4.77. The normalized spacial score (nSPS) is 14.2. The zero-order chi connectivity index (χ0) is 28.7. The number of nitrogens with two attached hydrogens (primary N) is 1. The first kappa shape index (κ1) is 34.2. The number of halogens is 1. The summed E-state index contributed by atoms with van der Waals surface area (Å²) >= 11 is 6.49. The monoisotopic (exact) mass is 555 g/mol. The molecule has 9 heteroatoms. The van der Waals surface area contributed by atoms with E-state index in [2.05, 4.69) is 12.2 Å². The van der Waals surface area contributed by atoms with Crippen molar-refractivity contribution in [2.45, 2.75) is 85.3 Å². The molecule has 0 saturated heterocycles. The summed E-state index contributed by atoms with van der Waals surface area (Å²) in [5.41, 5.74) is 6.23. The van der Waals surface area contributed by atoms with Crippen LogP contribution in [0.2, 0.25) is 0 Å². The van der Waals surface area contributed by atoms with Crippen molar-refractivity contribution in [2.75, 3.05) is 33.4 Å². The lowest BCUT2D eigenvalue weighted by molar-refractivity contribution is -0.130. The van der Waals surface area contributed by atoms with Crippen molar-refractivity contribution in [3.8, 4) is 5.75 Å². The van der Waals surface area contributed by atoms with Crippen LogP contribution in [0.25, 0.3) is 0 Å². The number of para-hydroxylation sites is 1. The first-order chi connectivity index (χ1) is 17.9. The van der Waals surface area contributed by atoms with Crippen LogP contribution in [0.15, 0.2) is 24.3 Å². The van der Waals surface area contributed by atoms with Gasteiger partial charge in [0.1, 0.15) is 5.75 Å². The Morgan fingerprint density at radius 3 is 2.45 bits per heavy atom. The molecule has 0 unspecified atom stereocenters. The standard InChI is InChI=1S/C29H50ClN3O5/c1-7-8-15-29(4,5)28(36)32-19-25(34)24(31)18-22(21(2)3)20-33(30)27(35)23-13-9-10-14-26(23)38-17-12-11-16-37-6/h9-10,13-14,21-22,24-25,34H,7-8,11-12,15-20,31H2,1-6H3,(H,32,36)/t22-,24+,25+/m1/s1. The van der Waals surface area contributed by atoms with Crippen LogP contribution in [0.5, 0.6) is 5.75 Å². The first-order valence-electron chi connectivity index (χ1n) is 13.8. The van der Waals surface area contributed by atoms with Crippen molar-refractivity contribution in [3.63, 3.8) is 0 Å². The molecule has 0 aliphatic rings. The highest BCUT2D eigenvalue weighted by atomic mass is 35.5. The zero-order valence-corrected chi connectivity index (χ0v) is 24.9. The summed E-state index contributed by atoms with van der Waals surface area (Å²) in [6.07, 6.45) is 4.00. The number of aliphatic hydroxyl groups is 1. The molecule has 2 amide bonds. The summed E-state index contributed by atoms with van der Waals surface area (Å²) in [5, 5.41) is 13.5. The fourth-order valence-electron chi connectivity index (χ4n) is 4.10. The third-order valence-electron chi connectivity index (χ3n) is 6.99. The van der Waals surface area contributed by atoms with Gasteiger partial charge in [0, 0.05) is 50.0 Å². The van der Waals surface area contributed by atoms with E-state index in [1.54, 1.807) is 25.3 Å². The van der Waals surface area contributed by atoms with E-state index in [9.17, 15) is 14.7 Å². The molecule has 3 atom stereocenters. The quantitative estimate of drug-likeness (QED) is 0.167. The highest BCUT2D eigenvalue weighted by Gasteiger charge is 2.30. The number of unbranched alkanes of at least 4 members (excludes halogenated alkanes) is 2. The van der Waals surface area contributed by atoms with Gasteiger partial charge in [-0.2, -0.15) is 0 Å². The number of hydrogen-bond donors (Lipinski definition) is 3. The molecule has 218 valence electrons. The molecule has 0 saturated carbocycles. The number of methoxy groups -OCH3 is 1. The van der Waals surface area contributed by atoms with Crippen molar-refractivity contribution in [2.24, 2.45) is 23.0 Å². The first-order valence-corrected chi connectivity index (χ1v) is 14.2. The molecule has 1 rings (SSSR count). The van der Waals surface area contributed by atoms with Crippen molar-refractivity contribution in [1.82, 2.24) is 9.74 Å². The predicted molar refractivity (Wildman–Crippen MR) is 153 cm³/mol. The van der Waals surface area contributed by atoms with Crippen molar-refractivity contribution in [1.29, 1.82) is 0 Å². The Morgan fingerprint density at radius 2 is 1.82 bits per heavy atom. The highest BCUT2D eigenvalue weighted by molar-refractivity contribution is 6.24. The fourth-order valence-corrected chi connectivity index (χ4v) is 4.37. The van der Waals surface area contributed by atoms with Crippen LogP contribution in [0, 0.1) is 17.3 Å². The number of benzene rings is 1. The fraction of sp³-hybridized carbons (Fsp3) is 0.724. The molecule has 0 bridgehead atoms. The molecule has 1 aromatic rings. The average molecular weight is 556 g/mol. The number of ether oxygens (including phenoxy) is 2. The summed E-state index contributed by atoms with van der Waals surface area (Å²) in [5.74, 6) is 0.165. The molecule has 0 aliphatic heterocycles. The molecule has 0 fully saturated rings.